The minimum absolute atomic E-state index is 0.584. The predicted octanol–water partition coefficient (Wildman–Crippen LogP) is 2.07. The summed E-state index contributed by atoms with van der Waals surface area (Å²) in [4.78, 5) is 14.4. The molecule has 1 fully saturated rings. The number of pyridine rings is 1. The molecule has 1 aromatic heterocycles. The summed E-state index contributed by atoms with van der Waals surface area (Å²) in [5, 5.41) is 0. The molecule has 0 atom stereocenters. The first-order valence-electron chi connectivity index (χ1n) is 4.92. The van der Waals surface area contributed by atoms with Crippen LogP contribution in [0.15, 0.2) is 18.3 Å². The molecule has 14 heavy (non-hydrogen) atoms. The van der Waals surface area contributed by atoms with Crippen LogP contribution in [0.4, 0.5) is 0 Å². The van der Waals surface area contributed by atoms with Crippen molar-refractivity contribution in [2.45, 2.75) is 19.3 Å². The molecule has 0 saturated heterocycles. The number of hydrogen-bond donors (Lipinski definition) is 0. The van der Waals surface area contributed by atoms with Crippen LogP contribution in [0.2, 0.25) is 0 Å². The Bertz CT molecular complexity index is 304. The van der Waals surface area contributed by atoms with Crippen molar-refractivity contribution in [3.05, 3.63) is 23.9 Å². The van der Waals surface area contributed by atoms with Gasteiger partial charge in [0.2, 0.25) is 5.88 Å². The standard InChI is InChI=1S/C11H13NO2/c13-7-10-4-5-11(12-6-10)14-8-9-2-1-3-9/h4-7,9H,1-3,8H2. The van der Waals surface area contributed by atoms with Crippen LogP contribution in [-0.4, -0.2) is 17.9 Å². The quantitative estimate of drug-likeness (QED) is 0.684. The zero-order valence-corrected chi connectivity index (χ0v) is 7.98. The van der Waals surface area contributed by atoms with Crippen molar-refractivity contribution in [3.8, 4) is 5.88 Å². The summed E-state index contributed by atoms with van der Waals surface area (Å²) in [5.41, 5.74) is 0.584. The van der Waals surface area contributed by atoms with E-state index in [1.165, 1.54) is 25.5 Å². The van der Waals surface area contributed by atoms with Gasteiger partial charge in [-0.05, 0) is 24.8 Å². The number of nitrogens with zero attached hydrogens (tertiary/aromatic N) is 1. The van der Waals surface area contributed by atoms with Crippen LogP contribution in [-0.2, 0) is 0 Å². The lowest BCUT2D eigenvalue weighted by molar-refractivity contribution is 0.112. The lowest BCUT2D eigenvalue weighted by atomic mass is 9.86. The Morgan fingerprint density at radius 2 is 2.36 bits per heavy atom. The molecule has 0 spiro atoms. The fraction of sp³-hybridized carbons (Fsp3) is 0.455. The molecule has 1 aliphatic rings. The molecule has 1 aromatic rings. The van der Waals surface area contributed by atoms with Crippen LogP contribution >= 0.6 is 0 Å². The number of ether oxygens (including phenoxy) is 1. The molecule has 1 heterocycles. The van der Waals surface area contributed by atoms with Gasteiger partial charge in [0.15, 0.2) is 6.29 Å². The molecule has 0 radical (unpaired) electrons. The van der Waals surface area contributed by atoms with Gasteiger partial charge < -0.3 is 4.74 Å². The molecule has 0 unspecified atom stereocenters. The number of carbonyl (C=O) groups is 1. The third-order valence-corrected chi connectivity index (χ3v) is 2.59. The topological polar surface area (TPSA) is 39.2 Å². The lowest BCUT2D eigenvalue weighted by Gasteiger charge is -2.24. The van der Waals surface area contributed by atoms with E-state index < -0.39 is 0 Å². The Labute approximate surface area is 83.1 Å². The summed E-state index contributed by atoms with van der Waals surface area (Å²) in [6, 6.07) is 3.46. The fourth-order valence-electron chi connectivity index (χ4n) is 1.41. The second-order valence-electron chi connectivity index (χ2n) is 3.66. The molecule has 1 aliphatic carbocycles. The number of aldehydes is 1. The van der Waals surface area contributed by atoms with Gasteiger partial charge in [0.05, 0.1) is 6.61 Å². The molecule has 0 aliphatic heterocycles. The Balaban J connectivity index is 1.85. The molecule has 1 saturated carbocycles. The fourth-order valence-corrected chi connectivity index (χ4v) is 1.41. The molecule has 3 nitrogen and oxygen atoms in total. The predicted molar refractivity (Wildman–Crippen MR) is 52.5 cm³/mol. The lowest BCUT2D eigenvalue weighted by Crippen LogP contribution is -2.19. The molecular formula is C11H13NO2. The molecule has 0 amide bonds. The van der Waals surface area contributed by atoms with Crippen molar-refractivity contribution >= 4 is 6.29 Å². The van der Waals surface area contributed by atoms with Crippen LogP contribution in [0, 0.1) is 5.92 Å². The van der Waals surface area contributed by atoms with Crippen LogP contribution in [0.25, 0.3) is 0 Å². The number of rotatable bonds is 4. The van der Waals surface area contributed by atoms with Gasteiger partial charge in [-0.25, -0.2) is 4.98 Å². The van der Waals surface area contributed by atoms with Gasteiger partial charge >= 0.3 is 0 Å². The van der Waals surface area contributed by atoms with Crippen molar-refractivity contribution in [2.75, 3.05) is 6.61 Å². The summed E-state index contributed by atoms with van der Waals surface area (Å²) in [6.45, 7) is 0.757. The first-order valence-corrected chi connectivity index (χ1v) is 4.92. The van der Waals surface area contributed by atoms with Gasteiger partial charge in [-0.1, -0.05) is 6.42 Å². The highest BCUT2D eigenvalue weighted by Crippen LogP contribution is 2.26. The maximum absolute atomic E-state index is 10.4. The van der Waals surface area contributed by atoms with Gasteiger partial charge in [-0.3, -0.25) is 4.79 Å². The smallest absolute Gasteiger partial charge is 0.213 e. The second-order valence-corrected chi connectivity index (χ2v) is 3.66. The Kier molecular flexibility index (Phi) is 2.77. The molecule has 0 N–H and O–H groups in total. The van der Waals surface area contributed by atoms with E-state index in [2.05, 4.69) is 4.98 Å². The van der Waals surface area contributed by atoms with Gasteiger partial charge in [0.25, 0.3) is 0 Å². The molecule has 0 aromatic carbocycles. The van der Waals surface area contributed by atoms with E-state index in [9.17, 15) is 4.79 Å². The Hall–Kier alpha value is -1.38. The Morgan fingerprint density at radius 1 is 1.50 bits per heavy atom. The summed E-state index contributed by atoms with van der Waals surface area (Å²) < 4.78 is 5.48. The van der Waals surface area contributed by atoms with E-state index >= 15 is 0 Å². The van der Waals surface area contributed by atoms with Crippen LogP contribution in [0.3, 0.4) is 0 Å². The van der Waals surface area contributed by atoms with Crippen LogP contribution < -0.4 is 4.74 Å². The summed E-state index contributed by atoms with van der Waals surface area (Å²) in [6.07, 6.45) is 6.18. The zero-order chi connectivity index (χ0) is 9.80. The molecule has 0 bridgehead atoms. The molecule has 3 heteroatoms. The van der Waals surface area contributed by atoms with E-state index in [-0.39, 0.29) is 0 Å². The van der Waals surface area contributed by atoms with Crippen molar-refractivity contribution in [3.63, 3.8) is 0 Å². The van der Waals surface area contributed by atoms with Gasteiger partial charge in [0.1, 0.15) is 0 Å². The molecule has 74 valence electrons. The van der Waals surface area contributed by atoms with Crippen molar-refractivity contribution in [1.29, 1.82) is 0 Å². The molecular weight excluding hydrogens is 178 g/mol. The summed E-state index contributed by atoms with van der Waals surface area (Å²) in [5.74, 6) is 1.32. The highest BCUT2D eigenvalue weighted by molar-refractivity contribution is 5.73. The third-order valence-electron chi connectivity index (χ3n) is 2.59. The SMILES string of the molecule is O=Cc1ccc(OCC2CCC2)nc1. The number of aromatic nitrogens is 1. The highest BCUT2D eigenvalue weighted by atomic mass is 16.5. The third kappa shape index (κ3) is 2.10. The zero-order valence-electron chi connectivity index (χ0n) is 7.98. The van der Waals surface area contributed by atoms with Crippen molar-refractivity contribution < 1.29 is 9.53 Å². The van der Waals surface area contributed by atoms with Gasteiger partial charge in [-0.15, -0.1) is 0 Å². The van der Waals surface area contributed by atoms with Gasteiger partial charge in [-0.2, -0.15) is 0 Å². The van der Waals surface area contributed by atoms with Crippen molar-refractivity contribution in [1.82, 2.24) is 4.98 Å². The Morgan fingerprint density at radius 3 is 2.86 bits per heavy atom. The van der Waals surface area contributed by atoms with E-state index in [1.54, 1.807) is 12.1 Å². The summed E-state index contributed by atoms with van der Waals surface area (Å²) >= 11 is 0. The summed E-state index contributed by atoms with van der Waals surface area (Å²) in [7, 11) is 0. The minimum Gasteiger partial charge on any atom is -0.477 e. The average Bonchev–Trinajstić information content (AvgIpc) is 2.16. The highest BCUT2D eigenvalue weighted by Gasteiger charge is 2.17. The van der Waals surface area contributed by atoms with E-state index in [0.29, 0.717) is 17.4 Å². The van der Waals surface area contributed by atoms with Gasteiger partial charge in [0, 0.05) is 17.8 Å². The average molecular weight is 191 g/mol. The first-order chi connectivity index (χ1) is 6.88. The van der Waals surface area contributed by atoms with Crippen LogP contribution in [0.5, 0.6) is 5.88 Å². The van der Waals surface area contributed by atoms with Crippen molar-refractivity contribution in [2.24, 2.45) is 5.92 Å². The largest absolute Gasteiger partial charge is 0.477 e. The number of hydrogen-bond acceptors (Lipinski definition) is 3. The maximum Gasteiger partial charge on any atom is 0.213 e. The van der Waals surface area contributed by atoms with E-state index in [1.807, 2.05) is 0 Å². The first kappa shape index (κ1) is 9.19. The monoisotopic (exact) mass is 191 g/mol. The van der Waals surface area contributed by atoms with E-state index in [4.69, 9.17) is 4.74 Å². The van der Waals surface area contributed by atoms with E-state index in [0.717, 1.165) is 12.9 Å². The maximum atomic E-state index is 10.4. The second kappa shape index (κ2) is 4.22. The van der Waals surface area contributed by atoms with Crippen LogP contribution in [0.1, 0.15) is 29.6 Å². The minimum atomic E-state index is 0.584. The number of carbonyl (C=O) groups excluding carboxylic acids is 1. The normalized spacial score (nSPS) is 16.0. The molecule has 2 rings (SSSR count).